The zero-order valence-corrected chi connectivity index (χ0v) is 15.9. The summed E-state index contributed by atoms with van der Waals surface area (Å²) in [5, 5.41) is 0. The Hall–Kier alpha value is -3.09. The summed E-state index contributed by atoms with van der Waals surface area (Å²) in [5.74, 6) is 0.714. The van der Waals surface area contributed by atoms with Crippen molar-refractivity contribution in [2.45, 2.75) is 33.4 Å². The lowest BCUT2D eigenvalue weighted by atomic mass is 10.1. The van der Waals surface area contributed by atoms with Crippen LogP contribution < -0.4 is 16.1 Å². The van der Waals surface area contributed by atoms with E-state index in [1.807, 2.05) is 4.57 Å². The van der Waals surface area contributed by atoms with Gasteiger partial charge in [-0.25, -0.2) is 4.79 Å². The highest BCUT2D eigenvalue weighted by atomic mass is 16.2. The molecule has 0 bridgehead atoms. The van der Waals surface area contributed by atoms with E-state index in [1.54, 1.807) is 13.1 Å². The second-order valence-electron chi connectivity index (χ2n) is 7.08. The highest BCUT2D eigenvalue weighted by Crippen LogP contribution is 2.33. The number of fused-ring (bicyclic) bond motifs is 3. The van der Waals surface area contributed by atoms with E-state index >= 15 is 0 Å². The van der Waals surface area contributed by atoms with Gasteiger partial charge < -0.3 is 9.47 Å². The maximum atomic E-state index is 13.0. The third-order valence-electron chi connectivity index (χ3n) is 5.17. The van der Waals surface area contributed by atoms with Crippen LogP contribution >= 0.6 is 0 Å². The van der Waals surface area contributed by atoms with E-state index in [4.69, 9.17) is 4.98 Å². The average Bonchev–Trinajstić information content (AvgIpc) is 3.04. The third kappa shape index (κ3) is 2.53. The van der Waals surface area contributed by atoms with Crippen molar-refractivity contribution in [3.05, 3.63) is 62.8 Å². The molecule has 3 aromatic rings. The number of rotatable bonds is 3. The van der Waals surface area contributed by atoms with E-state index in [0.29, 0.717) is 23.7 Å². The molecule has 7 nitrogen and oxygen atoms in total. The molecule has 0 atom stereocenters. The standard InChI is InChI=1S/C20H23N5O2/c1-5-9-25-18(26)16-17(22(4)20(25)27)21-19-23(10-6-11-24(16)19)15-8-7-13(2)12-14(15)3/h5,7-8,12H,1,6,9-11H2,2-4H3. The Kier molecular flexibility index (Phi) is 4.02. The van der Waals surface area contributed by atoms with Crippen LogP contribution in [0, 0.1) is 13.8 Å². The van der Waals surface area contributed by atoms with Crippen LogP contribution in [0.5, 0.6) is 0 Å². The lowest BCUT2D eigenvalue weighted by molar-refractivity contribution is 0.598. The molecule has 1 aliphatic heterocycles. The van der Waals surface area contributed by atoms with E-state index in [0.717, 1.165) is 24.2 Å². The fourth-order valence-corrected chi connectivity index (χ4v) is 3.89. The molecule has 0 saturated heterocycles. The minimum atomic E-state index is -0.374. The molecule has 0 spiro atoms. The van der Waals surface area contributed by atoms with Crippen molar-refractivity contribution in [3.8, 4) is 0 Å². The highest BCUT2D eigenvalue weighted by molar-refractivity contribution is 5.77. The number of hydrogen-bond acceptors (Lipinski definition) is 4. The maximum absolute atomic E-state index is 13.0. The summed E-state index contributed by atoms with van der Waals surface area (Å²) >= 11 is 0. The number of aryl methyl sites for hydroxylation is 4. The van der Waals surface area contributed by atoms with E-state index < -0.39 is 0 Å². The van der Waals surface area contributed by atoms with Gasteiger partial charge in [-0.15, -0.1) is 6.58 Å². The minimum Gasteiger partial charge on any atom is -0.312 e. The summed E-state index contributed by atoms with van der Waals surface area (Å²) in [5.41, 5.74) is 3.66. The van der Waals surface area contributed by atoms with Crippen molar-refractivity contribution in [2.24, 2.45) is 7.05 Å². The maximum Gasteiger partial charge on any atom is 0.332 e. The number of anilines is 2. The minimum absolute atomic E-state index is 0.183. The first-order chi connectivity index (χ1) is 12.9. The van der Waals surface area contributed by atoms with Crippen LogP contribution in [-0.4, -0.2) is 25.2 Å². The number of benzene rings is 1. The van der Waals surface area contributed by atoms with Crippen molar-refractivity contribution in [1.82, 2.24) is 18.7 Å². The molecular formula is C20H23N5O2. The fraction of sp³-hybridized carbons (Fsp3) is 0.350. The SMILES string of the molecule is C=CCn1c(=O)c2c(nc3n2CCCN3c2ccc(C)cc2C)n(C)c1=O. The Morgan fingerprint density at radius 1 is 1.22 bits per heavy atom. The van der Waals surface area contributed by atoms with Gasteiger partial charge in [-0.2, -0.15) is 4.98 Å². The van der Waals surface area contributed by atoms with Gasteiger partial charge in [-0.05, 0) is 31.9 Å². The van der Waals surface area contributed by atoms with Gasteiger partial charge in [0.15, 0.2) is 11.2 Å². The summed E-state index contributed by atoms with van der Waals surface area (Å²) in [6.07, 6.45) is 2.46. The topological polar surface area (TPSA) is 65.1 Å². The van der Waals surface area contributed by atoms with E-state index in [-0.39, 0.29) is 17.8 Å². The summed E-state index contributed by atoms with van der Waals surface area (Å²) < 4.78 is 4.60. The average molecular weight is 365 g/mol. The molecule has 0 unspecified atom stereocenters. The van der Waals surface area contributed by atoms with Crippen LogP contribution in [-0.2, 0) is 20.1 Å². The summed E-state index contributed by atoms with van der Waals surface area (Å²) in [6.45, 7) is 9.51. The lowest BCUT2D eigenvalue weighted by Crippen LogP contribution is -2.39. The quantitative estimate of drug-likeness (QED) is 0.668. The highest BCUT2D eigenvalue weighted by Gasteiger charge is 2.27. The van der Waals surface area contributed by atoms with Crippen LogP contribution in [0.15, 0.2) is 40.4 Å². The molecule has 27 heavy (non-hydrogen) atoms. The summed E-state index contributed by atoms with van der Waals surface area (Å²) in [4.78, 5) is 32.4. The second-order valence-corrected chi connectivity index (χ2v) is 7.08. The van der Waals surface area contributed by atoms with Gasteiger partial charge in [-0.1, -0.05) is 23.8 Å². The predicted molar refractivity (Wildman–Crippen MR) is 107 cm³/mol. The molecule has 1 aliphatic rings. The predicted octanol–water partition coefficient (Wildman–Crippen LogP) is 2.24. The van der Waals surface area contributed by atoms with Gasteiger partial charge in [0.1, 0.15) is 0 Å². The van der Waals surface area contributed by atoms with Gasteiger partial charge in [0.2, 0.25) is 5.95 Å². The van der Waals surface area contributed by atoms with Gasteiger partial charge in [0.05, 0.1) is 0 Å². The Morgan fingerprint density at radius 3 is 2.70 bits per heavy atom. The molecule has 140 valence electrons. The van der Waals surface area contributed by atoms with Crippen LogP contribution in [0.3, 0.4) is 0 Å². The normalized spacial score (nSPS) is 13.8. The Morgan fingerprint density at radius 2 is 2.00 bits per heavy atom. The van der Waals surface area contributed by atoms with Gasteiger partial charge >= 0.3 is 5.69 Å². The molecule has 0 N–H and O–H groups in total. The number of imidazole rings is 1. The van der Waals surface area contributed by atoms with E-state index in [9.17, 15) is 9.59 Å². The Balaban J connectivity index is 2.01. The van der Waals surface area contributed by atoms with Crippen molar-refractivity contribution >= 4 is 22.8 Å². The summed E-state index contributed by atoms with van der Waals surface area (Å²) in [7, 11) is 1.66. The van der Waals surface area contributed by atoms with Gasteiger partial charge in [-0.3, -0.25) is 13.9 Å². The van der Waals surface area contributed by atoms with Gasteiger partial charge in [0.25, 0.3) is 5.56 Å². The molecule has 1 aromatic carbocycles. The molecule has 0 saturated carbocycles. The van der Waals surface area contributed by atoms with Gasteiger partial charge in [0, 0.05) is 32.4 Å². The number of allylic oxidation sites excluding steroid dienone is 1. The van der Waals surface area contributed by atoms with Crippen molar-refractivity contribution in [3.63, 3.8) is 0 Å². The molecule has 0 radical (unpaired) electrons. The molecule has 0 aliphatic carbocycles. The number of nitrogens with zero attached hydrogens (tertiary/aromatic N) is 5. The molecular weight excluding hydrogens is 342 g/mol. The lowest BCUT2D eigenvalue weighted by Gasteiger charge is -2.30. The van der Waals surface area contributed by atoms with Crippen LogP contribution in [0.2, 0.25) is 0 Å². The second kappa shape index (κ2) is 6.26. The van der Waals surface area contributed by atoms with Crippen LogP contribution in [0.4, 0.5) is 11.6 Å². The number of aromatic nitrogens is 4. The molecule has 0 fully saturated rings. The van der Waals surface area contributed by atoms with Crippen molar-refractivity contribution in [1.29, 1.82) is 0 Å². The first-order valence-electron chi connectivity index (χ1n) is 9.09. The van der Waals surface area contributed by atoms with E-state index in [2.05, 4.69) is 43.5 Å². The molecule has 4 rings (SSSR count). The molecule has 7 heteroatoms. The van der Waals surface area contributed by atoms with Crippen LogP contribution in [0.1, 0.15) is 17.5 Å². The van der Waals surface area contributed by atoms with Crippen molar-refractivity contribution < 1.29 is 0 Å². The van der Waals surface area contributed by atoms with Crippen LogP contribution in [0.25, 0.3) is 11.2 Å². The Bertz CT molecular complexity index is 1180. The molecule has 0 amide bonds. The van der Waals surface area contributed by atoms with E-state index in [1.165, 1.54) is 14.7 Å². The largest absolute Gasteiger partial charge is 0.332 e. The third-order valence-corrected chi connectivity index (χ3v) is 5.17. The monoisotopic (exact) mass is 365 g/mol. The first-order valence-corrected chi connectivity index (χ1v) is 9.09. The smallest absolute Gasteiger partial charge is 0.312 e. The zero-order chi connectivity index (χ0) is 19.3. The van der Waals surface area contributed by atoms with Crippen molar-refractivity contribution in [2.75, 3.05) is 11.4 Å². The summed E-state index contributed by atoms with van der Waals surface area (Å²) in [6, 6.07) is 6.31. The fourth-order valence-electron chi connectivity index (χ4n) is 3.89. The molecule has 3 heterocycles. The Labute approximate surface area is 156 Å². The number of hydrogen-bond donors (Lipinski definition) is 0. The zero-order valence-electron chi connectivity index (χ0n) is 15.9. The molecule has 2 aromatic heterocycles. The first kappa shape index (κ1) is 17.3.